The normalized spacial score (nSPS) is 16.5. The van der Waals surface area contributed by atoms with Gasteiger partial charge in [0.15, 0.2) is 0 Å². The quantitative estimate of drug-likeness (QED) is 0.615. The zero-order chi connectivity index (χ0) is 12.5. The first-order valence-electron chi connectivity index (χ1n) is 5.85. The van der Waals surface area contributed by atoms with E-state index in [1.807, 2.05) is 26.0 Å². The van der Waals surface area contributed by atoms with Gasteiger partial charge in [-0.05, 0) is 31.0 Å². The van der Waals surface area contributed by atoms with Crippen LogP contribution in [-0.2, 0) is 11.2 Å². The fourth-order valence-electron chi connectivity index (χ4n) is 2.20. The van der Waals surface area contributed by atoms with Crippen molar-refractivity contribution in [3.63, 3.8) is 0 Å². The first kappa shape index (κ1) is 12.4. The Hall–Kier alpha value is -1.10. The summed E-state index contributed by atoms with van der Waals surface area (Å²) in [4.78, 5) is 0. The van der Waals surface area contributed by atoms with E-state index in [4.69, 9.17) is 15.3 Å². The van der Waals surface area contributed by atoms with Crippen LogP contribution in [0.3, 0.4) is 0 Å². The number of hydrogen-bond donors (Lipinski definition) is 2. The van der Waals surface area contributed by atoms with Crippen molar-refractivity contribution < 1.29 is 9.47 Å². The first-order chi connectivity index (χ1) is 8.08. The zero-order valence-corrected chi connectivity index (χ0v) is 10.6. The van der Waals surface area contributed by atoms with Gasteiger partial charge in [-0.3, -0.25) is 11.3 Å². The highest BCUT2D eigenvalue weighted by atomic mass is 16.5. The third kappa shape index (κ3) is 2.29. The van der Waals surface area contributed by atoms with E-state index in [0.29, 0.717) is 0 Å². The first-order valence-corrected chi connectivity index (χ1v) is 5.85. The van der Waals surface area contributed by atoms with Crippen LogP contribution in [-0.4, -0.2) is 19.3 Å². The van der Waals surface area contributed by atoms with Crippen LogP contribution in [0.15, 0.2) is 18.2 Å². The lowest BCUT2D eigenvalue weighted by atomic mass is 9.91. The van der Waals surface area contributed by atoms with Crippen molar-refractivity contribution in [3.05, 3.63) is 29.3 Å². The maximum Gasteiger partial charge on any atom is 0.122 e. The van der Waals surface area contributed by atoms with E-state index in [9.17, 15) is 0 Å². The van der Waals surface area contributed by atoms with Crippen molar-refractivity contribution in [3.8, 4) is 5.75 Å². The van der Waals surface area contributed by atoms with E-state index in [1.54, 1.807) is 7.11 Å². The van der Waals surface area contributed by atoms with Crippen molar-refractivity contribution in [2.24, 2.45) is 5.84 Å². The molecule has 94 valence electrons. The second kappa shape index (κ2) is 4.64. The molecular formula is C13H20N2O2. The molecule has 1 aromatic rings. The lowest BCUT2D eigenvalue weighted by Crippen LogP contribution is -2.43. The van der Waals surface area contributed by atoms with Gasteiger partial charge in [0.1, 0.15) is 5.75 Å². The van der Waals surface area contributed by atoms with Gasteiger partial charge >= 0.3 is 0 Å². The van der Waals surface area contributed by atoms with Crippen molar-refractivity contribution >= 4 is 0 Å². The molecular weight excluding hydrogens is 216 g/mol. The van der Waals surface area contributed by atoms with E-state index in [0.717, 1.165) is 24.3 Å². The van der Waals surface area contributed by atoms with E-state index < -0.39 is 0 Å². The molecule has 0 amide bonds. The summed E-state index contributed by atoms with van der Waals surface area (Å²) >= 11 is 0. The van der Waals surface area contributed by atoms with E-state index in [-0.39, 0.29) is 11.6 Å². The molecule has 0 bridgehead atoms. The van der Waals surface area contributed by atoms with Crippen LogP contribution in [0.2, 0.25) is 0 Å². The summed E-state index contributed by atoms with van der Waals surface area (Å²) < 4.78 is 11.0. The number of rotatable bonds is 4. The van der Waals surface area contributed by atoms with Gasteiger partial charge in [0, 0.05) is 13.5 Å². The van der Waals surface area contributed by atoms with Crippen LogP contribution in [0.25, 0.3) is 0 Å². The Balaban J connectivity index is 2.32. The maximum absolute atomic E-state index is 5.65. The number of fused-ring (bicyclic) bond motifs is 1. The minimum Gasteiger partial charge on any atom is -0.493 e. The van der Waals surface area contributed by atoms with Gasteiger partial charge in [-0.1, -0.05) is 12.1 Å². The Morgan fingerprint density at radius 1 is 1.47 bits per heavy atom. The Labute approximate surface area is 102 Å². The molecule has 0 saturated carbocycles. The van der Waals surface area contributed by atoms with Crippen molar-refractivity contribution in [2.75, 3.05) is 13.7 Å². The molecule has 4 heteroatoms. The molecule has 17 heavy (non-hydrogen) atoms. The van der Waals surface area contributed by atoms with Crippen LogP contribution in [0, 0.1) is 0 Å². The largest absolute Gasteiger partial charge is 0.493 e. The SMILES string of the molecule is COC(C)(C)C(NN)c1ccc2c(c1)CCO2. The number of methoxy groups -OCH3 is 1. The fourth-order valence-corrected chi connectivity index (χ4v) is 2.20. The van der Waals surface area contributed by atoms with Crippen LogP contribution >= 0.6 is 0 Å². The number of benzene rings is 1. The number of hydrazine groups is 1. The Bertz CT molecular complexity index is 404. The fraction of sp³-hybridized carbons (Fsp3) is 0.538. The van der Waals surface area contributed by atoms with Crippen LogP contribution in [0.1, 0.15) is 31.0 Å². The second-order valence-corrected chi connectivity index (χ2v) is 4.87. The van der Waals surface area contributed by atoms with Gasteiger partial charge < -0.3 is 9.47 Å². The van der Waals surface area contributed by atoms with Gasteiger partial charge in [0.05, 0.1) is 18.2 Å². The third-order valence-electron chi connectivity index (χ3n) is 3.43. The molecule has 0 radical (unpaired) electrons. The Kier molecular flexibility index (Phi) is 3.38. The van der Waals surface area contributed by atoms with Crippen molar-refractivity contribution in [1.29, 1.82) is 0 Å². The summed E-state index contributed by atoms with van der Waals surface area (Å²) in [7, 11) is 1.70. The highest BCUT2D eigenvalue weighted by molar-refractivity contribution is 5.41. The molecule has 1 atom stereocenters. The third-order valence-corrected chi connectivity index (χ3v) is 3.43. The molecule has 0 saturated heterocycles. The standard InChI is InChI=1S/C13H20N2O2/c1-13(2,16-3)12(15-14)10-4-5-11-9(8-10)6-7-17-11/h4-5,8,12,15H,6-7,14H2,1-3H3. The molecule has 0 fully saturated rings. The minimum absolute atomic E-state index is 0.0431. The van der Waals surface area contributed by atoms with Crippen LogP contribution in [0.4, 0.5) is 0 Å². The summed E-state index contributed by atoms with van der Waals surface area (Å²) in [6, 6.07) is 6.15. The van der Waals surface area contributed by atoms with E-state index >= 15 is 0 Å². The summed E-state index contributed by atoms with van der Waals surface area (Å²) in [6.07, 6.45) is 0.966. The van der Waals surface area contributed by atoms with Crippen molar-refractivity contribution in [2.45, 2.75) is 31.9 Å². The molecule has 2 rings (SSSR count). The molecule has 1 aromatic carbocycles. The molecule has 1 aliphatic rings. The van der Waals surface area contributed by atoms with Gasteiger partial charge in [-0.25, -0.2) is 0 Å². The lowest BCUT2D eigenvalue weighted by Gasteiger charge is -2.33. The van der Waals surface area contributed by atoms with E-state index in [2.05, 4.69) is 11.5 Å². The van der Waals surface area contributed by atoms with Gasteiger partial charge in [0.25, 0.3) is 0 Å². The zero-order valence-electron chi connectivity index (χ0n) is 10.6. The molecule has 4 nitrogen and oxygen atoms in total. The highest BCUT2D eigenvalue weighted by Crippen LogP contribution is 2.32. The lowest BCUT2D eigenvalue weighted by molar-refractivity contribution is -0.0111. The summed E-state index contributed by atoms with van der Waals surface area (Å²) in [5.41, 5.74) is 4.85. The maximum atomic E-state index is 5.65. The van der Waals surface area contributed by atoms with Crippen LogP contribution < -0.4 is 16.0 Å². The van der Waals surface area contributed by atoms with Gasteiger partial charge in [-0.2, -0.15) is 0 Å². The smallest absolute Gasteiger partial charge is 0.122 e. The molecule has 0 aromatic heterocycles. The topological polar surface area (TPSA) is 56.5 Å². The van der Waals surface area contributed by atoms with Gasteiger partial charge in [-0.15, -0.1) is 0 Å². The number of ether oxygens (including phenoxy) is 2. The Morgan fingerprint density at radius 2 is 2.24 bits per heavy atom. The van der Waals surface area contributed by atoms with Crippen molar-refractivity contribution in [1.82, 2.24) is 5.43 Å². The predicted molar refractivity (Wildman–Crippen MR) is 66.8 cm³/mol. The molecule has 3 N–H and O–H groups in total. The van der Waals surface area contributed by atoms with Crippen LogP contribution in [0.5, 0.6) is 5.75 Å². The second-order valence-electron chi connectivity index (χ2n) is 4.87. The minimum atomic E-state index is -0.359. The van der Waals surface area contributed by atoms with E-state index in [1.165, 1.54) is 5.56 Å². The molecule has 0 aliphatic carbocycles. The number of nitrogens with two attached hydrogens (primary N) is 1. The molecule has 1 unspecified atom stereocenters. The number of hydrogen-bond acceptors (Lipinski definition) is 4. The molecule has 0 spiro atoms. The number of nitrogens with one attached hydrogen (secondary N) is 1. The Morgan fingerprint density at radius 3 is 2.88 bits per heavy atom. The summed E-state index contributed by atoms with van der Waals surface area (Å²) in [5.74, 6) is 6.64. The van der Waals surface area contributed by atoms with Gasteiger partial charge in [0.2, 0.25) is 0 Å². The summed E-state index contributed by atoms with van der Waals surface area (Å²) in [5, 5.41) is 0. The average Bonchev–Trinajstić information content (AvgIpc) is 2.77. The summed E-state index contributed by atoms with van der Waals surface area (Å²) in [6.45, 7) is 4.80. The molecule has 1 heterocycles. The monoisotopic (exact) mass is 236 g/mol. The predicted octanol–water partition coefficient (Wildman–Crippen LogP) is 1.55. The highest BCUT2D eigenvalue weighted by Gasteiger charge is 2.30. The molecule has 1 aliphatic heterocycles. The average molecular weight is 236 g/mol.